The molecule has 1 saturated heterocycles. The third kappa shape index (κ3) is 4.21. The van der Waals surface area contributed by atoms with Crippen LogP contribution in [0.15, 0.2) is 24.3 Å². The first-order chi connectivity index (χ1) is 11.3. The minimum absolute atomic E-state index is 0.112. The quantitative estimate of drug-likeness (QED) is 0.710. The van der Waals surface area contributed by atoms with E-state index in [1.165, 1.54) is 0 Å². The van der Waals surface area contributed by atoms with Crippen molar-refractivity contribution in [2.45, 2.75) is 3.79 Å². The molecule has 0 bridgehead atoms. The number of halogens is 4. The highest BCUT2D eigenvalue weighted by Gasteiger charge is 2.30. The van der Waals surface area contributed by atoms with Crippen molar-refractivity contribution < 1.29 is 0 Å². The molecule has 3 rings (SSSR count). The molecule has 2 heterocycles. The van der Waals surface area contributed by atoms with Crippen LogP contribution in [0, 0.1) is 0 Å². The van der Waals surface area contributed by atoms with E-state index in [1.54, 1.807) is 12.1 Å². The van der Waals surface area contributed by atoms with Gasteiger partial charge in [0.2, 0.25) is 9.74 Å². The first-order valence-electron chi connectivity index (χ1n) is 7.35. The summed E-state index contributed by atoms with van der Waals surface area (Å²) in [5.41, 5.74) is 0.785. The number of rotatable bonds is 2. The van der Waals surface area contributed by atoms with Crippen LogP contribution >= 0.6 is 46.4 Å². The lowest BCUT2D eigenvalue weighted by Gasteiger charge is -2.32. The zero-order valence-electron chi connectivity index (χ0n) is 12.9. The van der Waals surface area contributed by atoms with E-state index in [0.29, 0.717) is 16.8 Å². The summed E-state index contributed by atoms with van der Waals surface area (Å²) in [5, 5.41) is 0.633. The fraction of sp³-hybridized carbons (Fsp3) is 0.400. The lowest BCUT2D eigenvalue weighted by atomic mass is 10.2. The Bertz CT molecular complexity index is 709. The van der Waals surface area contributed by atoms with Gasteiger partial charge < -0.3 is 9.80 Å². The van der Waals surface area contributed by atoms with Crippen molar-refractivity contribution in [2.75, 3.05) is 38.1 Å². The number of alkyl halides is 3. The molecular formula is C15H15Cl4N5. The number of hydrogen-bond donors (Lipinski definition) is 0. The summed E-state index contributed by atoms with van der Waals surface area (Å²) >= 11 is 24.0. The summed E-state index contributed by atoms with van der Waals surface area (Å²) in [7, 11) is 2.08. The Morgan fingerprint density at radius 1 is 0.917 bits per heavy atom. The third-order valence-corrected chi connectivity index (χ3v) is 4.52. The van der Waals surface area contributed by atoms with Crippen LogP contribution in [-0.2, 0) is 3.79 Å². The fourth-order valence-corrected chi connectivity index (χ4v) is 2.75. The number of piperazine rings is 1. The summed E-state index contributed by atoms with van der Waals surface area (Å²) in [5.74, 6) is 1.09. The molecular weight excluding hydrogens is 392 g/mol. The average molecular weight is 407 g/mol. The van der Waals surface area contributed by atoms with E-state index in [-0.39, 0.29) is 5.82 Å². The first kappa shape index (κ1) is 18.0. The molecule has 1 aliphatic heterocycles. The molecule has 24 heavy (non-hydrogen) atoms. The van der Waals surface area contributed by atoms with Crippen molar-refractivity contribution in [1.29, 1.82) is 0 Å². The van der Waals surface area contributed by atoms with E-state index in [2.05, 4.69) is 31.8 Å². The van der Waals surface area contributed by atoms with Gasteiger partial charge in [0, 0.05) is 36.8 Å². The van der Waals surface area contributed by atoms with Gasteiger partial charge in [0.05, 0.1) is 0 Å². The Kier molecular flexibility index (Phi) is 5.37. The molecule has 1 fully saturated rings. The zero-order valence-corrected chi connectivity index (χ0v) is 15.9. The predicted molar refractivity (Wildman–Crippen MR) is 99.2 cm³/mol. The number of anilines is 1. The SMILES string of the molecule is CN1CCN(c2nc(-c3ccc(Cl)cc3)nc(C(Cl)(Cl)Cl)n2)CC1. The largest absolute Gasteiger partial charge is 0.338 e. The summed E-state index contributed by atoms with van der Waals surface area (Å²) in [4.78, 5) is 17.6. The van der Waals surface area contributed by atoms with Crippen LogP contribution in [0.4, 0.5) is 5.95 Å². The standard InChI is InChI=1S/C15H15Cl4N5/c1-23-6-8-24(9-7-23)14-21-12(10-2-4-11(16)5-3-10)20-13(22-14)15(17,18)19/h2-5H,6-9H2,1H3. The smallest absolute Gasteiger partial charge is 0.250 e. The molecule has 9 heteroatoms. The van der Waals surface area contributed by atoms with Gasteiger partial charge in [0.25, 0.3) is 0 Å². The second kappa shape index (κ2) is 7.18. The highest BCUT2D eigenvalue weighted by molar-refractivity contribution is 6.66. The normalized spacial score (nSPS) is 16.5. The molecule has 0 saturated carbocycles. The van der Waals surface area contributed by atoms with E-state index in [4.69, 9.17) is 46.4 Å². The molecule has 0 atom stereocenters. The second-order valence-electron chi connectivity index (χ2n) is 5.58. The molecule has 1 aliphatic rings. The van der Waals surface area contributed by atoms with Gasteiger partial charge in [-0.3, -0.25) is 0 Å². The van der Waals surface area contributed by atoms with Crippen LogP contribution in [-0.4, -0.2) is 53.1 Å². The third-order valence-electron chi connectivity index (χ3n) is 3.77. The molecule has 0 radical (unpaired) electrons. The average Bonchev–Trinajstić information content (AvgIpc) is 2.55. The molecule has 0 amide bonds. The number of likely N-dealkylation sites (N-methyl/N-ethyl adjacent to an activating group) is 1. The van der Waals surface area contributed by atoms with Crippen molar-refractivity contribution in [3.63, 3.8) is 0 Å². The summed E-state index contributed by atoms with van der Waals surface area (Å²) in [6.07, 6.45) is 0. The fourth-order valence-electron chi connectivity index (χ4n) is 2.37. The van der Waals surface area contributed by atoms with Crippen LogP contribution < -0.4 is 4.90 Å². The summed E-state index contributed by atoms with van der Waals surface area (Å²) < 4.78 is -1.72. The minimum atomic E-state index is -1.72. The zero-order chi connectivity index (χ0) is 17.3. The second-order valence-corrected chi connectivity index (χ2v) is 8.30. The lowest BCUT2D eigenvalue weighted by Crippen LogP contribution is -2.45. The van der Waals surface area contributed by atoms with Gasteiger partial charge in [0.1, 0.15) is 0 Å². The Morgan fingerprint density at radius 3 is 2.12 bits per heavy atom. The van der Waals surface area contributed by atoms with E-state index in [1.807, 2.05) is 12.1 Å². The van der Waals surface area contributed by atoms with E-state index < -0.39 is 3.79 Å². The van der Waals surface area contributed by atoms with Gasteiger partial charge >= 0.3 is 0 Å². The lowest BCUT2D eigenvalue weighted by molar-refractivity contribution is 0.311. The molecule has 0 aliphatic carbocycles. The number of benzene rings is 1. The Hall–Kier alpha value is -0.850. The van der Waals surface area contributed by atoms with Crippen LogP contribution in [0.25, 0.3) is 11.4 Å². The highest BCUT2D eigenvalue weighted by Crippen LogP contribution is 2.37. The molecule has 128 valence electrons. The number of hydrogen-bond acceptors (Lipinski definition) is 5. The van der Waals surface area contributed by atoms with Crippen LogP contribution in [0.2, 0.25) is 5.02 Å². The molecule has 2 aromatic rings. The molecule has 1 aromatic heterocycles. The Balaban J connectivity index is 2.02. The van der Waals surface area contributed by atoms with Crippen molar-refractivity contribution in [3.8, 4) is 11.4 Å². The van der Waals surface area contributed by atoms with Crippen LogP contribution in [0.5, 0.6) is 0 Å². The topological polar surface area (TPSA) is 45.2 Å². The van der Waals surface area contributed by atoms with Gasteiger partial charge in [-0.15, -0.1) is 0 Å². The summed E-state index contributed by atoms with van der Waals surface area (Å²) in [6, 6.07) is 7.19. The number of nitrogens with zero attached hydrogens (tertiary/aromatic N) is 5. The van der Waals surface area contributed by atoms with Gasteiger partial charge in [-0.25, -0.2) is 4.98 Å². The van der Waals surface area contributed by atoms with Crippen molar-refractivity contribution >= 4 is 52.4 Å². The molecule has 0 unspecified atom stereocenters. The number of aromatic nitrogens is 3. The maximum Gasteiger partial charge on any atom is 0.250 e. The van der Waals surface area contributed by atoms with Gasteiger partial charge in [0.15, 0.2) is 11.6 Å². The maximum absolute atomic E-state index is 6.01. The van der Waals surface area contributed by atoms with Crippen LogP contribution in [0.1, 0.15) is 5.82 Å². The Labute approximate surface area is 160 Å². The van der Waals surface area contributed by atoms with Gasteiger partial charge in [-0.1, -0.05) is 46.4 Å². The van der Waals surface area contributed by atoms with Gasteiger partial charge in [-0.05, 0) is 31.3 Å². The molecule has 5 nitrogen and oxygen atoms in total. The van der Waals surface area contributed by atoms with Crippen LogP contribution in [0.3, 0.4) is 0 Å². The van der Waals surface area contributed by atoms with E-state index >= 15 is 0 Å². The monoisotopic (exact) mass is 405 g/mol. The Morgan fingerprint density at radius 2 is 1.54 bits per heavy atom. The highest BCUT2D eigenvalue weighted by atomic mass is 35.6. The minimum Gasteiger partial charge on any atom is -0.338 e. The van der Waals surface area contributed by atoms with Crippen molar-refractivity contribution in [1.82, 2.24) is 19.9 Å². The van der Waals surface area contributed by atoms with Gasteiger partial charge in [-0.2, -0.15) is 9.97 Å². The molecule has 1 aromatic carbocycles. The van der Waals surface area contributed by atoms with E-state index in [9.17, 15) is 0 Å². The maximum atomic E-state index is 6.01. The summed E-state index contributed by atoms with van der Waals surface area (Å²) in [6.45, 7) is 3.45. The first-order valence-corrected chi connectivity index (χ1v) is 8.87. The van der Waals surface area contributed by atoms with Crippen molar-refractivity contribution in [2.24, 2.45) is 0 Å². The van der Waals surface area contributed by atoms with E-state index in [0.717, 1.165) is 31.7 Å². The molecule has 0 spiro atoms. The van der Waals surface area contributed by atoms with Crippen molar-refractivity contribution in [3.05, 3.63) is 35.1 Å². The predicted octanol–water partition coefficient (Wildman–Crippen LogP) is 3.77. The molecule has 0 N–H and O–H groups in total.